The minimum Gasteiger partial charge on any atom is -0.377 e. The first kappa shape index (κ1) is 28.2. The summed E-state index contributed by atoms with van der Waals surface area (Å²) in [5, 5.41) is 2.85. The second-order valence-electron chi connectivity index (χ2n) is 10.6. The molecule has 3 aliphatic carbocycles. The molecule has 2 atom stereocenters. The van der Waals surface area contributed by atoms with Crippen molar-refractivity contribution in [1.29, 1.82) is 0 Å². The van der Waals surface area contributed by atoms with Crippen molar-refractivity contribution in [1.82, 2.24) is 10.2 Å². The van der Waals surface area contributed by atoms with Gasteiger partial charge < -0.3 is 29.0 Å². The number of nitrogens with one attached hydrogen (secondary N) is 1. The van der Waals surface area contributed by atoms with E-state index in [2.05, 4.69) is 5.32 Å². The van der Waals surface area contributed by atoms with Gasteiger partial charge in [0.05, 0.1) is 65.5 Å². The van der Waals surface area contributed by atoms with Gasteiger partial charge in [-0.15, -0.1) is 0 Å². The second kappa shape index (κ2) is 13.8. The van der Waals surface area contributed by atoms with E-state index in [0.29, 0.717) is 63.6 Å². The molecular weight excluding hydrogens is 480 g/mol. The van der Waals surface area contributed by atoms with Gasteiger partial charge in [-0.1, -0.05) is 6.42 Å². The zero-order valence-corrected chi connectivity index (χ0v) is 21.9. The van der Waals surface area contributed by atoms with Crippen molar-refractivity contribution < 1.29 is 38.1 Å². The fraction of sp³-hybridized carbons (Fsp3) is 0.815. The second-order valence-corrected chi connectivity index (χ2v) is 10.6. The Bertz CT molecular complexity index is 791. The van der Waals surface area contributed by atoms with E-state index in [4.69, 9.17) is 23.7 Å². The maximum Gasteiger partial charge on any atom is 0.253 e. The standard InChI is InChI=1S/C27H42N2O8/c30-23(21-37-22-4-7-27(20-22)9-8-26(27)5-1-6-26)28-10-12-33-14-16-35-18-19-36-17-15-34-13-11-29-24(31)2-3-25(29)32/h2-3,22H,1,4-21H2,(H,28,30). The molecule has 1 N–H and O–H groups in total. The maximum absolute atomic E-state index is 12.1. The molecule has 0 saturated heterocycles. The van der Waals surface area contributed by atoms with Gasteiger partial charge in [0, 0.05) is 18.7 Å². The van der Waals surface area contributed by atoms with Gasteiger partial charge >= 0.3 is 0 Å². The monoisotopic (exact) mass is 522 g/mol. The topological polar surface area (TPSA) is 113 Å². The number of ether oxygens (including phenoxy) is 5. The third kappa shape index (κ3) is 7.38. The molecule has 37 heavy (non-hydrogen) atoms. The number of fused-ring (bicyclic) bond motifs is 1. The lowest BCUT2D eigenvalue weighted by atomic mass is 9.41. The smallest absolute Gasteiger partial charge is 0.253 e. The fourth-order valence-corrected chi connectivity index (χ4v) is 6.22. The molecule has 2 spiro atoms. The molecule has 3 fully saturated rings. The van der Waals surface area contributed by atoms with Gasteiger partial charge in [0.2, 0.25) is 5.91 Å². The normalized spacial score (nSPS) is 25.7. The van der Waals surface area contributed by atoms with E-state index >= 15 is 0 Å². The van der Waals surface area contributed by atoms with Crippen molar-refractivity contribution in [2.24, 2.45) is 10.8 Å². The highest BCUT2D eigenvalue weighted by Crippen LogP contribution is 2.72. The molecule has 3 saturated carbocycles. The molecule has 0 bridgehead atoms. The fourth-order valence-electron chi connectivity index (χ4n) is 6.22. The molecule has 1 aliphatic heterocycles. The number of carbonyl (C=O) groups is 3. The van der Waals surface area contributed by atoms with Crippen molar-refractivity contribution in [2.75, 3.05) is 72.6 Å². The Kier molecular flexibility index (Phi) is 10.5. The Balaban J connectivity index is 0.871. The highest BCUT2D eigenvalue weighted by Gasteiger charge is 2.63. The molecular formula is C27H42N2O8. The highest BCUT2D eigenvalue weighted by atomic mass is 16.6. The summed E-state index contributed by atoms with van der Waals surface area (Å²) in [6.45, 7) is 4.13. The van der Waals surface area contributed by atoms with Crippen LogP contribution >= 0.6 is 0 Å². The number of hydrogen-bond acceptors (Lipinski definition) is 8. The van der Waals surface area contributed by atoms with Gasteiger partial charge in [-0.05, 0) is 55.8 Å². The molecule has 0 aromatic rings. The highest BCUT2D eigenvalue weighted by molar-refractivity contribution is 6.12. The van der Waals surface area contributed by atoms with Crippen LogP contribution in [0.5, 0.6) is 0 Å². The van der Waals surface area contributed by atoms with Gasteiger partial charge in [-0.2, -0.15) is 0 Å². The molecule has 0 radical (unpaired) electrons. The zero-order valence-electron chi connectivity index (χ0n) is 21.9. The summed E-state index contributed by atoms with van der Waals surface area (Å²) in [6, 6.07) is 0. The van der Waals surface area contributed by atoms with Gasteiger partial charge in [0.15, 0.2) is 0 Å². The largest absolute Gasteiger partial charge is 0.377 e. The summed E-state index contributed by atoms with van der Waals surface area (Å²) >= 11 is 0. The first-order chi connectivity index (χ1) is 18.0. The minimum atomic E-state index is -0.303. The maximum atomic E-state index is 12.1. The Morgan fingerprint density at radius 1 is 0.811 bits per heavy atom. The molecule has 10 heteroatoms. The number of amides is 3. The number of hydrogen-bond donors (Lipinski definition) is 1. The van der Waals surface area contributed by atoms with Crippen LogP contribution in [-0.2, 0) is 38.1 Å². The van der Waals surface area contributed by atoms with Crippen LogP contribution in [0.15, 0.2) is 12.2 Å². The lowest BCUT2D eigenvalue weighted by molar-refractivity contribution is -0.144. The Morgan fingerprint density at radius 3 is 1.97 bits per heavy atom. The molecule has 2 unspecified atom stereocenters. The van der Waals surface area contributed by atoms with Crippen molar-refractivity contribution in [2.45, 2.75) is 57.5 Å². The third-order valence-electron chi connectivity index (χ3n) is 8.58. The molecule has 0 aromatic heterocycles. The van der Waals surface area contributed by atoms with Crippen LogP contribution < -0.4 is 5.32 Å². The van der Waals surface area contributed by atoms with Crippen LogP contribution in [0.3, 0.4) is 0 Å². The minimum absolute atomic E-state index is 0.0797. The summed E-state index contributed by atoms with van der Waals surface area (Å²) in [7, 11) is 0. The Hall–Kier alpha value is -1.85. The average molecular weight is 523 g/mol. The van der Waals surface area contributed by atoms with E-state index in [1.165, 1.54) is 50.7 Å². The quantitative estimate of drug-likeness (QED) is 0.213. The van der Waals surface area contributed by atoms with Crippen molar-refractivity contribution in [3.63, 3.8) is 0 Å². The van der Waals surface area contributed by atoms with E-state index in [1.807, 2.05) is 0 Å². The van der Waals surface area contributed by atoms with Crippen LogP contribution in [0.1, 0.15) is 51.4 Å². The van der Waals surface area contributed by atoms with Crippen LogP contribution in [-0.4, -0.2) is 101 Å². The van der Waals surface area contributed by atoms with E-state index < -0.39 is 0 Å². The van der Waals surface area contributed by atoms with Crippen molar-refractivity contribution >= 4 is 17.7 Å². The van der Waals surface area contributed by atoms with Gasteiger partial charge in [-0.3, -0.25) is 19.3 Å². The van der Waals surface area contributed by atoms with Crippen molar-refractivity contribution in [3.8, 4) is 0 Å². The summed E-state index contributed by atoms with van der Waals surface area (Å²) in [6.07, 6.45) is 13.2. The van der Waals surface area contributed by atoms with Crippen LogP contribution in [0, 0.1) is 10.8 Å². The molecule has 208 valence electrons. The number of rotatable bonds is 18. The molecule has 4 rings (SSSR count). The van der Waals surface area contributed by atoms with Gasteiger partial charge in [0.25, 0.3) is 11.8 Å². The van der Waals surface area contributed by atoms with E-state index in [1.54, 1.807) is 0 Å². The molecule has 4 aliphatic rings. The Labute approximate surface area is 219 Å². The number of imide groups is 1. The molecule has 0 aromatic carbocycles. The molecule has 1 heterocycles. The Morgan fingerprint density at radius 2 is 1.41 bits per heavy atom. The lowest BCUT2D eigenvalue weighted by Gasteiger charge is -2.64. The molecule has 10 nitrogen and oxygen atoms in total. The summed E-state index contributed by atoms with van der Waals surface area (Å²) in [5.74, 6) is -0.686. The van der Waals surface area contributed by atoms with Gasteiger partial charge in [-0.25, -0.2) is 0 Å². The number of nitrogens with zero attached hydrogens (tertiary/aromatic N) is 1. The average Bonchev–Trinajstić information content (AvgIpc) is 3.44. The van der Waals surface area contributed by atoms with E-state index in [0.717, 1.165) is 17.7 Å². The van der Waals surface area contributed by atoms with Crippen LogP contribution in [0.2, 0.25) is 0 Å². The number of carbonyl (C=O) groups excluding carboxylic acids is 3. The SMILES string of the molecule is O=C(COC1CCC2(CCC23CCC3)C1)NCCOCCOCCOCCOCCN1C(=O)C=CC1=O. The van der Waals surface area contributed by atoms with Crippen molar-refractivity contribution in [3.05, 3.63) is 12.2 Å². The van der Waals surface area contributed by atoms with Crippen LogP contribution in [0.4, 0.5) is 0 Å². The summed E-state index contributed by atoms with van der Waals surface area (Å²) < 4.78 is 27.6. The predicted octanol–water partition coefficient (Wildman–Crippen LogP) is 1.61. The molecule has 3 amide bonds. The first-order valence-electron chi connectivity index (χ1n) is 13.8. The van der Waals surface area contributed by atoms with E-state index in [-0.39, 0.29) is 43.6 Å². The lowest BCUT2D eigenvalue weighted by Crippen LogP contribution is -2.54. The predicted molar refractivity (Wildman–Crippen MR) is 134 cm³/mol. The van der Waals surface area contributed by atoms with Crippen LogP contribution in [0.25, 0.3) is 0 Å². The third-order valence-corrected chi connectivity index (χ3v) is 8.58. The zero-order chi connectivity index (χ0) is 26.0. The summed E-state index contributed by atoms with van der Waals surface area (Å²) in [4.78, 5) is 36.0. The first-order valence-corrected chi connectivity index (χ1v) is 13.8. The summed E-state index contributed by atoms with van der Waals surface area (Å²) in [5.41, 5.74) is 1.16. The van der Waals surface area contributed by atoms with Gasteiger partial charge in [0.1, 0.15) is 6.61 Å². The van der Waals surface area contributed by atoms with E-state index in [9.17, 15) is 14.4 Å².